The van der Waals surface area contributed by atoms with Crippen LogP contribution in [0.4, 0.5) is 4.79 Å². The molecular formula is C68H83N9O9S. The van der Waals surface area contributed by atoms with E-state index in [4.69, 9.17) is 33.7 Å². The molecule has 0 aliphatic carbocycles. The molecule has 0 spiro atoms. The minimum absolute atomic E-state index is 0.127. The number of hydrogen-bond acceptors (Lipinski definition) is 15. The molecule has 0 radical (unpaired) electrons. The quantitative estimate of drug-likeness (QED) is 0.150. The number of aliphatic hydroxyl groups excluding tert-OH is 2. The molecule has 3 N–H and O–H groups in total. The number of carbonyl (C=O) groups excluding carboxylic acids is 1. The van der Waals surface area contributed by atoms with E-state index in [0.29, 0.717) is 60.8 Å². The summed E-state index contributed by atoms with van der Waals surface area (Å²) in [6.45, 7) is 7.76. The molecule has 4 aromatic carbocycles. The van der Waals surface area contributed by atoms with E-state index in [1.807, 2.05) is 93.6 Å². The Balaban J connectivity index is 0.000000214. The first-order valence-corrected chi connectivity index (χ1v) is 32.1. The molecule has 0 fully saturated rings. The standard InChI is InChI=1S/C36H49N7O6.C32H34N2O3S/c1-36(2,3)49-35(46)37-30-20-42-22-33(38-40-42)28-14-26(24-44)16-31(18-28)47-12-10-8-6-4-5-7-9-11-13-48-32-17-27(25-45)15-29(19-32)34-23-43(21-30)41-39-34;35-38-23-21-36-29-17-13-25(14-18-29)5-1-7-27-9-3-11-31(33-27)32-12-4-10-28(34-32)8-2-6-26-15-19-30(20-16-26)37-22-24-38/h14-19,22-23,30,44-45H,4-13,20-21,24-25H2,1-3H3,(H,37,46);3-4,9-20H,1-2,5-8,21-24H2. The highest BCUT2D eigenvalue weighted by Gasteiger charge is 2.23. The molecule has 19 heteroatoms. The summed E-state index contributed by atoms with van der Waals surface area (Å²) in [5.74, 6) is 3.96. The van der Waals surface area contributed by atoms with Gasteiger partial charge in [-0.25, -0.2) is 14.2 Å². The van der Waals surface area contributed by atoms with Gasteiger partial charge >= 0.3 is 6.09 Å². The van der Waals surface area contributed by atoms with Gasteiger partial charge in [-0.05, 0) is 179 Å². The molecule has 1 amide bonds. The predicted molar refractivity (Wildman–Crippen MR) is 337 cm³/mol. The number of hydrogen-bond donors (Lipinski definition) is 3. The lowest BCUT2D eigenvalue weighted by atomic mass is 10.1. The van der Waals surface area contributed by atoms with E-state index in [0.717, 1.165) is 134 Å². The largest absolute Gasteiger partial charge is 0.494 e. The molecule has 0 saturated carbocycles. The van der Waals surface area contributed by atoms with Gasteiger partial charge in [0.1, 0.15) is 40.0 Å². The highest BCUT2D eigenvalue weighted by atomic mass is 32.2. The lowest BCUT2D eigenvalue weighted by Crippen LogP contribution is -2.43. The molecule has 8 aromatic rings. The van der Waals surface area contributed by atoms with Gasteiger partial charge in [0.15, 0.2) is 0 Å². The lowest BCUT2D eigenvalue weighted by molar-refractivity contribution is 0.0491. The van der Waals surface area contributed by atoms with Crippen molar-refractivity contribution >= 4 is 16.9 Å². The Labute approximate surface area is 513 Å². The van der Waals surface area contributed by atoms with E-state index >= 15 is 0 Å². The van der Waals surface area contributed by atoms with Crippen molar-refractivity contribution in [3.63, 3.8) is 0 Å². The van der Waals surface area contributed by atoms with Gasteiger partial charge in [-0.3, -0.25) is 14.2 Å². The number of amides is 1. The van der Waals surface area contributed by atoms with Crippen LogP contribution in [0.25, 0.3) is 33.9 Å². The number of benzene rings is 4. The zero-order chi connectivity index (χ0) is 60.6. The lowest BCUT2D eigenvalue weighted by Gasteiger charge is -2.23. The van der Waals surface area contributed by atoms with Gasteiger partial charge in [0, 0.05) is 33.3 Å². The van der Waals surface area contributed by atoms with Gasteiger partial charge in [0.25, 0.3) is 0 Å². The van der Waals surface area contributed by atoms with Crippen LogP contribution in [-0.2, 0) is 67.5 Å². The maximum absolute atomic E-state index is 12.9. The zero-order valence-corrected chi connectivity index (χ0v) is 51.3. The number of nitrogens with zero attached hydrogens (tertiary/aromatic N) is 8. The number of pyridine rings is 2. The van der Waals surface area contributed by atoms with Gasteiger partial charge < -0.3 is 39.2 Å². The molecular weight excluding hydrogens is 1120 g/mol. The van der Waals surface area contributed by atoms with Crippen molar-refractivity contribution in [2.24, 2.45) is 0 Å². The number of aromatic nitrogens is 8. The van der Waals surface area contributed by atoms with Crippen molar-refractivity contribution < 1.29 is 42.9 Å². The summed E-state index contributed by atoms with van der Waals surface area (Å²) in [5.41, 5.74) is 10.1. The van der Waals surface area contributed by atoms with E-state index in [-0.39, 0.29) is 26.3 Å². The second kappa shape index (κ2) is 32.7. The third-order valence-electron chi connectivity index (χ3n) is 14.8. The second-order valence-electron chi connectivity index (χ2n) is 23.1. The smallest absolute Gasteiger partial charge is 0.407 e. The Kier molecular flexibility index (Phi) is 23.8. The molecule has 12 rings (SSSR count). The molecule has 4 aromatic heterocycles. The van der Waals surface area contributed by atoms with Gasteiger partial charge in [-0.1, -0.05) is 85.3 Å². The van der Waals surface area contributed by atoms with Gasteiger partial charge in [-0.2, -0.15) is 0 Å². The third-order valence-corrected chi connectivity index (χ3v) is 16.0. The third kappa shape index (κ3) is 21.1. The van der Waals surface area contributed by atoms with Crippen molar-refractivity contribution in [2.75, 3.05) is 37.9 Å². The molecule has 16 bridgehead atoms. The van der Waals surface area contributed by atoms with Crippen LogP contribution < -0.4 is 24.3 Å². The number of carbonyl (C=O) groups is 1. The number of alkyl carbamates (subject to hydrolysis) is 1. The monoisotopic (exact) mass is 1200 g/mol. The van der Waals surface area contributed by atoms with Crippen LogP contribution in [0.15, 0.2) is 134 Å². The number of aryl methyl sites for hydroxylation is 4. The summed E-state index contributed by atoms with van der Waals surface area (Å²) in [5, 5.41) is 40.3. The van der Waals surface area contributed by atoms with Crippen molar-refractivity contribution in [3.8, 4) is 56.9 Å². The Bertz CT molecular complexity index is 3230. The van der Waals surface area contributed by atoms with Crippen LogP contribution in [0.3, 0.4) is 0 Å². The first-order valence-electron chi connectivity index (χ1n) is 30.6. The molecule has 18 nitrogen and oxygen atoms in total. The summed E-state index contributed by atoms with van der Waals surface area (Å²) < 4.78 is 45.0. The van der Waals surface area contributed by atoms with Crippen LogP contribution in [-0.4, -0.2) is 110 Å². The zero-order valence-electron chi connectivity index (χ0n) is 50.5. The van der Waals surface area contributed by atoms with Crippen molar-refractivity contribution in [1.82, 2.24) is 45.3 Å². The molecule has 0 saturated heterocycles. The SMILES string of the molecule is CC(C)(C)OC(=O)NC1Cn2cc(nn2)-c2cc(CO)cc(c2)OCCCCCCCCCCOc2cc(CO)cc(c2)-c2cn(nn2)C1.O=S1CCOc2ccc(cc2)CCCc2cccc(n2)-c2cccc(n2)CCCc2ccc(cc2)OCC1. The highest BCUT2D eigenvalue weighted by molar-refractivity contribution is 7.85. The van der Waals surface area contributed by atoms with Crippen molar-refractivity contribution in [3.05, 3.63) is 167 Å². The number of aliphatic hydroxyl groups is 2. The molecule has 460 valence electrons. The summed E-state index contributed by atoms with van der Waals surface area (Å²) in [6, 6.07) is 39.6. The normalized spacial score (nSPS) is 15.8. The number of nitrogens with one attached hydrogen (secondary N) is 1. The van der Waals surface area contributed by atoms with Crippen LogP contribution in [0.2, 0.25) is 0 Å². The first kappa shape index (κ1) is 63.5. The predicted octanol–water partition coefficient (Wildman–Crippen LogP) is 11.7. The van der Waals surface area contributed by atoms with E-state index in [9.17, 15) is 19.2 Å². The van der Waals surface area contributed by atoms with Crippen molar-refractivity contribution in [1.29, 1.82) is 0 Å². The first-order chi connectivity index (χ1) is 42.4. The Morgan fingerprint density at radius 3 is 1.41 bits per heavy atom. The Morgan fingerprint density at radius 2 is 0.977 bits per heavy atom. The summed E-state index contributed by atoms with van der Waals surface area (Å²) in [6.07, 6.45) is 17.7. The number of rotatable bonds is 3. The van der Waals surface area contributed by atoms with Gasteiger partial charge in [0.2, 0.25) is 0 Å². The summed E-state index contributed by atoms with van der Waals surface area (Å²) in [7, 11) is -0.980. The average molecular weight is 1200 g/mol. The molecule has 0 atom stereocenters. The summed E-state index contributed by atoms with van der Waals surface area (Å²) in [4.78, 5) is 22.7. The number of ether oxygens (including phenoxy) is 5. The Morgan fingerprint density at radius 1 is 0.540 bits per heavy atom. The van der Waals surface area contributed by atoms with E-state index in [1.54, 1.807) is 21.8 Å². The molecule has 8 heterocycles. The topological polar surface area (TPSA) is 220 Å². The molecule has 4 aliphatic heterocycles. The molecule has 0 unspecified atom stereocenters. The second-order valence-corrected chi connectivity index (χ2v) is 24.8. The summed E-state index contributed by atoms with van der Waals surface area (Å²) >= 11 is 0. The Hall–Kier alpha value is -8.00. The van der Waals surface area contributed by atoms with E-state index in [1.165, 1.54) is 24.0 Å². The van der Waals surface area contributed by atoms with Crippen LogP contribution in [0, 0.1) is 0 Å². The number of fused-ring (bicyclic) bond motifs is 12. The van der Waals surface area contributed by atoms with Gasteiger partial charge in [0.05, 0.1) is 94.1 Å². The van der Waals surface area contributed by atoms with Crippen LogP contribution >= 0.6 is 0 Å². The fourth-order valence-corrected chi connectivity index (χ4v) is 11.1. The van der Waals surface area contributed by atoms with Crippen molar-refractivity contribution in [2.45, 2.75) is 149 Å². The minimum atomic E-state index is -0.980. The van der Waals surface area contributed by atoms with E-state index < -0.39 is 28.5 Å². The molecule has 4 aliphatic rings. The molecule has 87 heavy (non-hydrogen) atoms. The van der Waals surface area contributed by atoms with Crippen LogP contribution in [0.1, 0.15) is 119 Å². The maximum Gasteiger partial charge on any atom is 0.407 e. The fraction of sp³-hybridized carbons (Fsp3) is 0.426. The van der Waals surface area contributed by atoms with Crippen LogP contribution in [0.5, 0.6) is 23.0 Å². The average Bonchev–Trinajstić information content (AvgIpc) is 3.75. The maximum atomic E-state index is 12.9. The van der Waals surface area contributed by atoms with Gasteiger partial charge in [-0.15, -0.1) is 10.2 Å². The minimum Gasteiger partial charge on any atom is -0.494 e. The highest BCUT2D eigenvalue weighted by Crippen LogP contribution is 2.28. The fourth-order valence-electron chi connectivity index (χ4n) is 10.3. The van der Waals surface area contributed by atoms with E-state index in [2.05, 4.69) is 74.5 Å².